The van der Waals surface area contributed by atoms with E-state index in [9.17, 15) is 9.59 Å². The van der Waals surface area contributed by atoms with Crippen LogP contribution in [0.3, 0.4) is 0 Å². The second kappa shape index (κ2) is 9.87. The fourth-order valence-electron chi connectivity index (χ4n) is 2.55. The molecule has 0 fully saturated rings. The van der Waals surface area contributed by atoms with Crippen LogP contribution in [0, 0.1) is 0 Å². The van der Waals surface area contributed by atoms with E-state index in [4.69, 9.17) is 14.6 Å². The maximum Gasteiger partial charge on any atom is 0.341 e. The second-order valence-electron chi connectivity index (χ2n) is 6.04. The number of hydrogen-bond acceptors (Lipinski definition) is 6. The zero-order chi connectivity index (χ0) is 21.3. The van der Waals surface area contributed by atoms with Gasteiger partial charge in [0, 0.05) is 11.1 Å². The van der Waals surface area contributed by atoms with Crippen LogP contribution in [0.5, 0.6) is 11.5 Å². The average molecular weight is 408 g/mol. The molecule has 3 aromatic rings. The Kier molecular flexibility index (Phi) is 6.78. The van der Waals surface area contributed by atoms with Gasteiger partial charge < -0.3 is 14.6 Å². The summed E-state index contributed by atoms with van der Waals surface area (Å²) < 4.78 is 10.6. The van der Waals surface area contributed by atoms with Gasteiger partial charge in [-0.05, 0) is 49.4 Å². The fourth-order valence-corrected chi connectivity index (χ4v) is 2.55. The number of carbonyl (C=O) groups is 2. The summed E-state index contributed by atoms with van der Waals surface area (Å²) in [4.78, 5) is 23.0. The number of nitrogens with one attached hydrogen (secondary N) is 2. The summed E-state index contributed by atoms with van der Waals surface area (Å²) >= 11 is 0. The molecule has 3 N–H and O–H groups in total. The van der Waals surface area contributed by atoms with Crippen molar-refractivity contribution in [3.63, 3.8) is 0 Å². The molecule has 30 heavy (non-hydrogen) atoms. The largest absolute Gasteiger partial charge is 0.494 e. The zero-order valence-corrected chi connectivity index (χ0v) is 16.2. The SMILES string of the molecule is CCOc1ccc(-c2cc(C(=O)NN=Cc3ccccc3OCC(=O)O)[nH]n2)cc1. The lowest BCUT2D eigenvalue weighted by Gasteiger charge is -2.06. The minimum Gasteiger partial charge on any atom is -0.494 e. The number of rotatable bonds is 9. The molecule has 0 atom stereocenters. The maximum absolute atomic E-state index is 12.3. The highest BCUT2D eigenvalue weighted by atomic mass is 16.5. The van der Waals surface area contributed by atoms with E-state index in [1.165, 1.54) is 6.21 Å². The lowest BCUT2D eigenvalue weighted by molar-refractivity contribution is -0.139. The Bertz CT molecular complexity index is 1040. The van der Waals surface area contributed by atoms with E-state index in [-0.39, 0.29) is 5.69 Å². The van der Waals surface area contributed by atoms with E-state index in [2.05, 4.69) is 20.7 Å². The Hall–Kier alpha value is -4.14. The molecule has 0 aliphatic carbocycles. The number of hydrogen-bond donors (Lipinski definition) is 3. The number of aromatic nitrogens is 2. The Morgan fingerprint density at radius 1 is 1.17 bits per heavy atom. The predicted molar refractivity (Wildman–Crippen MR) is 110 cm³/mol. The van der Waals surface area contributed by atoms with Gasteiger partial charge in [0.25, 0.3) is 5.91 Å². The number of carboxylic acid groups (broad SMARTS) is 1. The highest BCUT2D eigenvalue weighted by Gasteiger charge is 2.11. The molecule has 9 nitrogen and oxygen atoms in total. The van der Waals surface area contributed by atoms with Crippen molar-refractivity contribution in [3.05, 3.63) is 65.9 Å². The van der Waals surface area contributed by atoms with Gasteiger partial charge in [0.1, 0.15) is 17.2 Å². The van der Waals surface area contributed by atoms with Crippen LogP contribution < -0.4 is 14.9 Å². The molecule has 2 aromatic carbocycles. The number of carbonyl (C=O) groups excluding carboxylic acids is 1. The quantitative estimate of drug-likeness (QED) is 0.369. The summed E-state index contributed by atoms with van der Waals surface area (Å²) in [5, 5.41) is 19.5. The van der Waals surface area contributed by atoms with E-state index < -0.39 is 18.5 Å². The second-order valence-corrected chi connectivity index (χ2v) is 6.04. The minimum atomic E-state index is -1.09. The number of carboxylic acids is 1. The molecule has 0 aliphatic heterocycles. The topological polar surface area (TPSA) is 126 Å². The number of ether oxygens (including phenoxy) is 2. The maximum atomic E-state index is 12.3. The van der Waals surface area contributed by atoms with Crippen LogP contribution in [-0.2, 0) is 4.79 Å². The van der Waals surface area contributed by atoms with Crippen LogP contribution in [0.1, 0.15) is 23.0 Å². The van der Waals surface area contributed by atoms with E-state index in [1.54, 1.807) is 30.3 Å². The first-order valence-electron chi connectivity index (χ1n) is 9.12. The van der Waals surface area contributed by atoms with Crippen molar-refractivity contribution < 1.29 is 24.2 Å². The van der Waals surface area contributed by atoms with Gasteiger partial charge in [-0.3, -0.25) is 9.89 Å². The van der Waals surface area contributed by atoms with Crippen molar-refractivity contribution in [2.24, 2.45) is 5.10 Å². The van der Waals surface area contributed by atoms with Gasteiger partial charge >= 0.3 is 5.97 Å². The fraction of sp³-hybridized carbons (Fsp3) is 0.143. The number of hydrazone groups is 1. The van der Waals surface area contributed by atoms with Gasteiger partial charge in [-0.2, -0.15) is 10.2 Å². The average Bonchev–Trinajstić information content (AvgIpc) is 3.24. The van der Waals surface area contributed by atoms with Gasteiger partial charge in [-0.15, -0.1) is 0 Å². The van der Waals surface area contributed by atoms with Crippen molar-refractivity contribution in [2.75, 3.05) is 13.2 Å². The summed E-state index contributed by atoms with van der Waals surface area (Å²) in [6.07, 6.45) is 1.37. The molecule has 1 amide bonds. The number of aromatic amines is 1. The third kappa shape index (κ3) is 5.44. The van der Waals surface area contributed by atoms with Gasteiger partial charge in [0.2, 0.25) is 0 Å². The molecular formula is C21H20N4O5. The normalized spacial score (nSPS) is 10.7. The molecule has 9 heteroatoms. The molecule has 154 valence electrons. The number of para-hydroxylation sites is 1. The monoisotopic (exact) mass is 408 g/mol. The number of aliphatic carboxylic acids is 1. The van der Waals surface area contributed by atoms with Crippen LogP contribution >= 0.6 is 0 Å². The molecule has 0 spiro atoms. The van der Waals surface area contributed by atoms with E-state index in [0.29, 0.717) is 23.6 Å². The molecule has 0 aliphatic rings. The lowest BCUT2D eigenvalue weighted by Crippen LogP contribution is -2.18. The number of nitrogens with zero attached hydrogens (tertiary/aromatic N) is 2. The van der Waals surface area contributed by atoms with Crippen LogP contribution in [0.4, 0.5) is 0 Å². The predicted octanol–water partition coefficient (Wildman–Crippen LogP) is 2.70. The van der Waals surface area contributed by atoms with Gasteiger partial charge in [-0.1, -0.05) is 12.1 Å². The van der Waals surface area contributed by atoms with Gasteiger partial charge in [0.15, 0.2) is 6.61 Å². The van der Waals surface area contributed by atoms with E-state index in [0.717, 1.165) is 11.3 Å². The number of amides is 1. The summed E-state index contributed by atoms with van der Waals surface area (Å²) in [7, 11) is 0. The van der Waals surface area contributed by atoms with Crippen LogP contribution in [-0.4, -0.2) is 46.6 Å². The van der Waals surface area contributed by atoms with Crippen molar-refractivity contribution in [1.82, 2.24) is 15.6 Å². The molecule has 0 bridgehead atoms. The van der Waals surface area contributed by atoms with Crippen molar-refractivity contribution in [1.29, 1.82) is 0 Å². The standard InChI is InChI=1S/C21H20N4O5/c1-2-29-16-9-7-14(8-10-16)17-11-18(24-23-17)21(28)25-22-12-15-5-3-4-6-19(15)30-13-20(26)27/h3-12H,2,13H2,1H3,(H,23,24)(H,25,28)(H,26,27). The van der Waals surface area contributed by atoms with Crippen LogP contribution in [0.15, 0.2) is 59.7 Å². The molecule has 0 radical (unpaired) electrons. The first kappa shape index (κ1) is 20.6. The highest BCUT2D eigenvalue weighted by Crippen LogP contribution is 2.21. The lowest BCUT2D eigenvalue weighted by atomic mass is 10.1. The Morgan fingerprint density at radius 3 is 2.67 bits per heavy atom. The van der Waals surface area contributed by atoms with Crippen molar-refractivity contribution in [3.8, 4) is 22.8 Å². The van der Waals surface area contributed by atoms with Crippen LogP contribution in [0.2, 0.25) is 0 Å². The summed E-state index contributed by atoms with van der Waals surface area (Å²) in [6.45, 7) is 2.03. The van der Waals surface area contributed by atoms with Crippen molar-refractivity contribution in [2.45, 2.75) is 6.92 Å². The molecule has 0 unspecified atom stereocenters. The number of benzene rings is 2. The van der Waals surface area contributed by atoms with Gasteiger partial charge in [0.05, 0.1) is 18.5 Å². The summed E-state index contributed by atoms with van der Waals surface area (Å²) in [5.41, 5.74) is 4.61. The van der Waals surface area contributed by atoms with E-state index in [1.807, 2.05) is 31.2 Å². The molecular weight excluding hydrogens is 388 g/mol. The van der Waals surface area contributed by atoms with E-state index >= 15 is 0 Å². The minimum absolute atomic E-state index is 0.242. The molecule has 1 aromatic heterocycles. The molecule has 0 saturated carbocycles. The van der Waals surface area contributed by atoms with Crippen LogP contribution in [0.25, 0.3) is 11.3 Å². The van der Waals surface area contributed by atoms with Crippen molar-refractivity contribution >= 4 is 18.1 Å². The Morgan fingerprint density at radius 2 is 1.93 bits per heavy atom. The first-order valence-corrected chi connectivity index (χ1v) is 9.12. The van der Waals surface area contributed by atoms with Gasteiger partial charge in [-0.25, -0.2) is 10.2 Å². The Balaban J connectivity index is 1.63. The zero-order valence-electron chi connectivity index (χ0n) is 16.2. The number of H-pyrrole nitrogens is 1. The Labute approximate surface area is 172 Å². The summed E-state index contributed by atoms with van der Waals surface area (Å²) in [6, 6.07) is 15.8. The highest BCUT2D eigenvalue weighted by molar-refractivity contribution is 5.94. The smallest absolute Gasteiger partial charge is 0.341 e. The molecule has 1 heterocycles. The third-order valence-corrected chi connectivity index (χ3v) is 3.92. The summed E-state index contributed by atoms with van der Waals surface area (Å²) in [5.74, 6) is -0.452. The first-order chi connectivity index (χ1) is 14.6. The third-order valence-electron chi connectivity index (χ3n) is 3.92. The molecule has 3 rings (SSSR count). The molecule has 0 saturated heterocycles.